The van der Waals surface area contributed by atoms with E-state index < -0.39 is 0 Å². The van der Waals surface area contributed by atoms with Crippen molar-refractivity contribution in [2.45, 2.75) is 39.7 Å². The lowest BCUT2D eigenvalue weighted by atomic mass is 10.1. The van der Waals surface area contributed by atoms with E-state index in [0.717, 1.165) is 17.3 Å². The number of hydrogen-bond donors (Lipinski definition) is 1. The highest BCUT2D eigenvalue weighted by Crippen LogP contribution is 2.24. The Morgan fingerprint density at radius 1 is 1.29 bits per heavy atom. The maximum absolute atomic E-state index is 3.55. The van der Waals surface area contributed by atoms with Gasteiger partial charge in [0.05, 0.1) is 0 Å². The minimum absolute atomic E-state index is 0.577. The van der Waals surface area contributed by atoms with Crippen LogP contribution in [-0.4, -0.2) is 6.04 Å². The van der Waals surface area contributed by atoms with Crippen LogP contribution in [0.25, 0.3) is 0 Å². The fourth-order valence-electron chi connectivity index (χ4n) is 1.46. The number of rotatable bonds is 4. The van der Waals surface area contributed by atoms with Crippen molar-refractivity contribution in [2.75, 3.05) is 5.32 Å². The number of anilines is 1. The van der Waals surface area contributed by atoms with Gasteiger partial charge in [-0.25, -0.2) is 0 Å². The molecule has 0 saturated heterocycles. The van der Waals surface area contributed by atoms with Crippen LogP contribution in [-0.2, 0) is 0 Å². The van der Waals surface area contributed by atoms with E-state index in [1.807, 2.05) is 0 Å². The molecule has 0 radical (unpaired) electrons. The summed E-state index contributed by atoms with van der Waals surface area (Å²) in [5.41, 5.74) is 2.50. The summed E-state index contributed by atoms with van der Waals surface area (Å²) >= 11 is 3.55. The summed E-state index contributed by atoms with van der Waals surface area (Å²) in [5.74, 6) is 0. The molecule has 14 heavy (non-hydrogen) atoms. The lowest BCUT2D eigenvalue weighted by Gasteiger charge is -2.17. The summed E-state index contributed by atoms with van der Waals surface area (Å²) in [6.45, 7) is 6.54. The van der Waals surface area contributed by atoms with Gasteiger partial charge in [-0.1, -0.05) is 19.9 Å². The molecule has 1 aromatic carbocycles. The second-order valence-electron chi connectivity index (χ2n) is 3.64. The molecule has 0 spiro atoms. The molecule has 0 aromatic heterocycles. The zero-order chi connectivity index (χ0) is 10.6. The number of benzene rings is 1. The quantitative estimate of drug-likeness (QED) is 0.844. The van der Waals surface area contributed by atoms with E-state index in [-0.39, 0.29) is 0 Å². The minimum Gasteiger partial charge on any atom is -0.381 e. The van der Waals surface area contributed by atoms with Gasteiger partial charge in [-0.15, -0.1) is 0 Å². The van der Waals surface area contributed by atoms with Gasteiger partial charge >= 0.3 is 0 Å². The number of nitrogens with one attached hydrogen (secondary N) is 1. The van der Waals surface area contributed by atoms with Crippen LogP contribution in [0.3, 0.4) is 0 Å². The van der Waals surface area contributed by atoms with Gasteiger partial charge in [0.25, 0.3) is 0 Å². The molecule has 0 aliphatic carbocycles. The Morgan fingerprint density at radius 2 is 1.93 bits per heavy atom. The molecule has 0 atom stereocenters. The van der Waals surface area contributed by atoms with E-state index in [1.54, 1.807) is 0 Å². The van der Waals surface area contributed by atoms with Crippen molar-refractivity contribution < 1.29 is 0 Å². The van der Waals surface area contributed by atoms with Crippen LogP contribution in [0.4, 0.5) is 5.69 Å². The molecule has 1 rings (SSSR count). The molecule has 0 heterocycles. The topological polar surface area (TPSA) is 12.0 Å². The van der Waals surface area contributed by atoms with Crippen molar-refractivity contribution in [1.29, 1.82) is 0 Å². The van der Waals surface area contributed by atoms with Crippen LogP contribution in [0.1, 0.15) is 32.3 Å². The van der Waals surface area contributed by atoms with Crippen LogP contribution in [0.15, 0.2) is 22.7 Å². The van der Waals surface area contributed by atoms with Crippen molar-refractivity contribution in [3.63, 3.8) is 0 Å². The molecule has 0 aliphatic rings. The molecule has 0 unspecified atom stereocenters. The van der Waals surface area contributed by atoms with Crippen LogP contribution in [0, 0.1) is 6.92 Å². The second-order valence-corrected chi connectivity index (χ2v) is 4.50. The summed E-state index contributed by atoms with van der Waals surface area (Å²) < 4.78 is 1.15. The molecule has 1 aromatic rings. The van der Waals surface area contributed by atoms with Gasteiger partial charge in [-0.3, -0.25) is 0 Å². The highest BCUT2D eigenvalue weighted by Gasteiger charge is 2.05. The van der Waals surface area contributed by atoms with Gasteiger partial charge in [0.1, 0.15) is 0 Å². The van der Waals surface area contributed by atoms with Crippen LogP contribution < -0.4 is 5.32 Å². The van der Waals surface area contributed by atoms with E-state index in [1.165, 1.54) is 11.3 Å². The van der Waals surface area contributed by atoms with Gasteiger partial charge in [0.2, 0.25) is 0 Å². The molecule has 2 heteroatoms. The van der Waals surface area contributed by atoms with Crippen molar-refractivity contribution in [1.82, 2.24) is 0 Å². The molecular formula is C12H18BrN. The zero-order valence-electron chi connectivity index (χ0n) is 9.10. The highest BCUT2D eigenvalue weighted by molar-refractivity contribution is 9.10. The van der Waals surface area contributed by atoms with Gasteiger partial charge in [-0.05, 0) is 53.4 Å². The number of hydrogen-bond acceptors (Lipinski definition) is 1. The van der Waals surface area contributed by atoms with Gasteiger partial charge in [-0.2, -0.15) is 0 Å². The normalized spacial score (nSPS) is 10.6. The first-order valence-electron chi connectivity index (χ1n) is 5.20. The largest absolute Gasteiger partial charge is 0.381 e. The molecule has 1 nitrogen and oxygen atoms in total. The average molecular weight is 256 g/mol. The fourth-order valence-corrected chi connectivity index (χ4v) is 1.82. The maximum Gasteiger partial charge on any atom is 0.0489 e. The summed E-state index contributed by atoms with van der Waals surface area (Å²) in [5, 5.41) is 3.54. The van der Waals surface area contributed by atoms with E-state index in [0.29, 0.717) is 6.04 Å². The van der Waals surface area contributed by atoms with Crippen molar-refractivity contribution in [3.05, 3.63) is 28.2 Å². The first-order chi connectivity index (χ1) is 6.67. The lowest BCUT2D eigenvalue weighted by Crippen LogP contribution is -2.17. The molecule has 0 fully saturated rings. The molecular weight excluding hydrogens is 238 g/mol. The van der Waals surface area contributed by atoms with Crippen molar-refractivity contribution in [3.8, 4) is 0 Å². The smallest absolute Gasteiger partial charge is 0.0489 e. The molecule has 0 amide bonds. The van der Waals surface area contributed by atoms with Gasteiger partial charge in [0.15, 0.2) is 0 Å². The third-order valence-corrected chi connectivity index (χ3v) is 3.16. The standard InChI is InChI=1S/C12H18BrN/c1-4-10(5-2)14-12-8-9(3)6-7-11(12)13/h6-8,10,14H,4-5H2,1-3H3. The van der Waals surface area contributed by atoms with Gasteiger partial charge in [0, 0.05) is 16.2 Å². The Balaban J connectivity index is 2.79. The number of aryl methyl sites for hydroxylation is 1. The Kier molecular flexibility index (Phi) is 4.46. The molecule has 0 bridgehead atoms. The highest BCUT2D eigenvalue weighted by atomic mass is 79.9. The van der Waals surface area contributed by atoms with E-state index in [9.17, 15) is 0 Å². The van der Waals surface area contributed by atoms with E-state index in [4.69, 9.17) is 0 Å². The Labute approximate surface area is 95.0 Å². The maximum atomic E-state index is 3.55. The molecule has 78 valence electrons. The van der Waals surface area contributed by atoms with Crippen LogP contribution in [0.2, 0.25) is 0 Å². The number of halogens is 1. The Bertz CT molecular complexity index is 292. The predicted molar refractivity (Wildman–Crippen MR) is 66.9 cm³/mol. The van der Waals surface area contributed by atoms with Crippen LogP contribution in [0.5, 0.6) is 0 Å². The zero-order valence-corrected chi connectivity index (χ0v) is 10.7. The summed E-state index contributed by atoms with van der Waals surface area (Å²) in [6, 6.07) is 6.97. The molecule has 0 saturated carbocycles. The minimum atomic E-state index is 0.577. The second kappa shape index (κ2) is 5.40. The third-order valence-electron chi connectivity index (χ3n) is 2.47. The lowest BCUT2D eigenvalue weighted by molar-refractivity contribution is 0.671. The monoisotopic (exact) mass is 255 g/mol. The third kappa shape index (κ3) is 3.02. The SMILES string of the molecule is CCC(CC)Nc1cc(C)ccc1Br. The average Bonchev–Trinajstić information content (AvgIpc) is 2.19. The molecule has 0 aliphatic heterocycles. The van der Waals surface area contributed by atoms with E-state index in [2.05, 4.69) is 60.2 Å². The molecule has 1 N–H and O–H groups in total. The first-order valence-corrected chi connectivity index (χ1v) is 5.99. The first kappa shape index (κ1) is 11.6. The fraction of sp³-hybridized carbons (Fsp3) is 0.500. The predicted octanol–water partition coefficient (Wildman–Crippen LogP) is 4.36. The van der Waals surface area contributed by atoms with E-state index >= 15 is 0 Å². The van der Waals surface area contributed by atoms with Crippen molar-refractivity contribution in [2.24, 2.45) is 0 Å². The Hall–Kier alpha value is -0.500. The summed E-state index contributed by atoms with van der Waals surface area (Å²) in [7, 11) is 0. The van der Waals surface area contributed by atoms with Crippen LogP contribution >= 0.6 is 15.9 Å². The summed E-state index contributed by atoms with van der Waals surface area (Å²) in [4.78, 5) is 0. The Morgan fingerprint density at radius 3 is 2.50 bits per heavy atom. The van der Waals surface area contributed by atoms with Gasteiger partial charge < -0.3 is 5.32 Å². The summed E-state index contributed by atoms with van der Waals surface area (Å²) in [6.07, 6.45) is 2.33. The van der Waals surface area contributed by atoms with Crippen molar-refractivity contribution >= 4 is 21.6 Å².